The van der Waals surface area contributed by atoms with Crippen LogP contribution in [-0.4, -0.2) is 23.1 Å². The number of amides is 1. The van der Waals surface area contributed by atoms with Crippen LogP contribution in [0.5, 0.6) is 5.75 Å². The summed E-state index contributed by atoms with van der Waals surface area (Å²) in [6.07, 6.45) is 0. The third-order valence-corrected chi connectivity index (χ3v) is 5.93. The summed E-state index contributed by atoms with van der Waals surface area (Å²) in [6.45, 7) is 1.93. The summed E-state index contributed by atoms with van der Waals surface area (Å²) in [5, 5.41) is 6.43. The maximum absolute atomic E-state index is 12.7. The van der Waals surface area contributed by atoms with Crippen LogP contribution in [-0.2, 0) is 0 Å². The van der Waals surface area contributed by atoms with Gasteiger partial charge in [-0.25, -0.2) is 4.98 Å². The number of hydrogen-bond donors (Lipinski definition) is 2. The Morgan fingerprint density at radius 3 is 2.67 bits per heavy atom. The maximum atomic E-state index is 12.7. The topological polar surface area (TPSA) is 89.5 Å². The minimum Gasteiger partial charge on any atom is -0.497 e. The number of nitrogens with one attached hydrogen (secondary N) is 2. The number of furan rings is 1. The van der Waals surface area contributed by atoms with E-state index in [1.807, 2.05) is 55.5 Å². The molecule has 0 atom stereocenters. The summed E-state index contributed by atoms with van der Waals surface area (Å²) >= 11 is 11.4. The van der Waals surface area contributed by atoms with E-state index in [0.717, 1.165) is 16.7 Å². The van der Waals surface area contributed by atoms with E-state index in [4.69, 9.17) is 37.4 Å². The number of rotatable bonds is 5. The molecule has 5 rings (SSSR count). The van der Waals surface area contributed by atoms with Crippen LogP contribution in [0.3, 0.4) is 0 Å². The summed E-state index contributed by atoms with van der Waals surface area (Å²) in [5.41, 5.74) is 4.50. The molecule has 1 amide bonds. The van der Waals surface area contributed by atoms with Crippen LogP contribution >= 0.6 is 23.8 Å². The monoisotopic (exact) mass is 517 g/mol. The number of fused-ring (bicyclic) bond motifs is 1. The highest BCUT2D eigenvalue weighted by Crippen LogP contribution is 2.30. The van der Waals surface area contributed by atoms with E-state index in [1.165, 1.54) is 0 Å². The van der Waals surface area contributed by atoms with Gasteiger partial charge in [-0.3, -0.25) is 10.1 Å². The van der Waals surface area contributed by atoms with Crippen molar-refractivity contribution in [2.75, 3.05) is 12.4 Å². The van der Waals surface area contributed by atoms with E-state index in [-0.39, 0.29) is 10.9 Å². The summed E-state index contributed by atoms with van der Waals surface area (Å²) in [7, 11) is 1.60. The molecule has 0 radical (unpaired) electrons. The molecule has 7 nitrogen and oxygen atoms in total. The Morgan fingerprint density at radius 2 is 1.86 bits per heavy atom. The molecule has 3 aromatic carbocycles. The average Bonchev–Trinajstić information content (AvgIpc) is 3.52. The van der Waals surface area contributed by atoms with E-state index in [9.17, 15) is 4.79 Å². The normalized spacial score (nSPS) is 10.9. The van der Waals surface area contributed by atoms with Gasteiger partial charge in [-0.05, 0) is 73.2 Å². The van der Waals surface area contributed by atoms with Crippen molar-refractivity contribution >= 4 is 51.6 Å². The first-order valence-electron chi connectivity index (χ1n) is 10.9. The Kier molecular flexibility index (Phi) is 6.45. The van der Waals surface area contributed by atoms with E-state index in [2.05, 4.69) is 15.6 Å². The molecule has 0 spiro atoms. The molecule has 0 saturated heterocycles. The van der Waals surface area contributed by atoms with Gasteiger partial charge in [0.1, 0.15) is 17.0 Å². The number of aromatic nitrogens is 1. The van der Waals surface area contributed by atoms with Crippen LogP contribution < -0.4 is 15.4 Å². The predicted molar refractivity (Wildman–Crippen MR) is 144 cm³/mol. The molecule has 180 valence electrons. The summed E-state index contributed by atoms with van der Waals surface area (Å²) in [5.74, 6) is 1.34. The van der Waals surface area contributed by atoms with Crippen molar-refractivity contribution in [2.24, 2.45) is 0 Å². The van der Waals surface area contributed by atoms with E-state index >= 15 is 0 Å². The van der Waals surface area contributed by atoms with Crippen LogP contribution in [0.4, 0.5) is 5.69 Å². The molecule has 5 aromatic rings. The molecule has 0 bridgehead atoms. The molecule has 36 heavy (non-hydrogen) atoms. The first kappa shape index (κ1) is 23.6. The number of anilines is 1. The van der Waals surface area contributed by atoms with Gasteiger partial charge < -0.3 is 18.9 Å². The first-order chi connectivity index (χ1) is 17.4. The zero-order valence-corrected chi connectivity index (χ0v) is 20.9. The molecular formula is C27H20ClN3O4S. The number of ether oxygens (including phenoxy) is 1. The van der Waals surface area contributed by atoms with Crippen molar-refractivity contribution < 1.29 is 18.4 Å². The molecule has 0 aliphatic heterocycles. The number of benzene rings is 3. The molecule has 2 heterocycles. The van der Waals surface area contributed by atoms with Gasteiger partial charge in [-0.1, -0.05) is 29.8 Å². The number of thiocarbonyl (C=S) groups is 1. The number of carbonyl (C=O) groups is 1. The van der Waals surface area contributed by atoms with Crippen LogP contribution in [0, 0.1) is 6.92 Å². The fourth-order valence-electron chi connectivity index (χ4n) is 3.62. The smallest absolute Gasteiger partial charge is 0.293 e. The van der Waals surface area contributed by atoms with Crippen molar-refractivity contribution in [1.29, 1.82) is 0 Å². The molecule has 0 aliphatic carbocycles. The lowest BCUT2D eigenvalue weighted by molar-refractivity contribution is 0.0951. The molecule has 0 unspecified atom stereocenters. The maximum Gasteiger partial charge on any atom is 0.293 e. The summed E-state index contributed by atoms with van der Waals surface area (Å²) in [6, 6.07) is 21.6. The molecular weight excluding hydrogens is 498 g/mol. The van der Waals surface area contributed by atoms with Gasteiger partial charge in [0, 0.05) is 27.9 Å². The second-order valence-corrected chi connectivity index (χ2v) is 8.81. The highest BCUT2D eigenvalue weighted by molar-refractivity contribution is 7.80. The largest absolute Gasteiger partial charge is 0.497 e. The SMILES string of the molecule is COc1ccc2oc(-c3ccc(C)c(NC(=S)NC(=O)c4ccc(-c5cccc(Cl)c5)o4)c3)nc2c1. The molecule has 0 fully saturated rings. The highest BCUT2D eigenvalue weighted by atomic mass is 35.5. The minimum absolute atomic E-state index is 0.126. The predicted octanol–water partition coefficient (Wildman–Crippen LogP) is 6.85. The molecule has 0 aliphatic rings. The van der Waals surface area contributed by atoms with Crippen molar-refractivity contribution in [3.63, 3.8) is 0 Å². The van der Waals surface area contributed by atoms with Crippen molar-refractivity contribution in [3.05, 3.63) is 89.1 Å². The zero-order valence-electron chi connectivity index (χ0n) is 19.3. The fraction of sp³-hybridized carbons (Fsp3) is 0.0741. The quantitative estimate of drug-likeness (QED) is 0.246. The van der Waals surface area contributed by atoms with Crippen molar-refractivity contribution in [1.82, 2.24) is 10.3 Å². The van der Waals surface area contributed by atoms with Crippen LogP contribution in [0.2, 0.25) is 5.02 Å². The van der Waals surface area contributed by atoms with Gasteiger partial charge in [0.2, 0.25) is 5.89 Å². The van der Waals surface area contributed by atoms with Gasteiger partial charge >= 0.3 is 0 Å². The van der Waals surface area contributed by atoms with Crippen LogP contribution in [0.1, 0.15) is 16.1 Å². The Morgan fingerprint density at radius 1 is 1.00 bits per heavy atom. The van der Waals surface area contributed by atoms with Gasteiger partial charge in [-0.15, -0.1) is 0 Å². The average molecular weight is 518 g/mol. The number of hydrogen-bond acceptors (Lipinski definition) is 6. The lowest BCUT2D eigenvalue weighted by Gasteiger charge is -2.12. The third kappa shape index (κ3) is 4.95. The number of nitrogens with zero attached hydrogens (tertiary/aromatic N) is 1. The number of carbonyl (C=O) groups excluding carboxylic acids is 1. The van der Waals surface area contributed by atoms with Crippen molar-refractivity contribution in [2.45, 2.75) is 6.92 Å². The van der Waals surface area contributed by atoms with Crippen molar-refractivity contribution in [3.8, 4) is 28.5 Å². The summed E-state index contributed by atoms with van der Waals surface area (Å²) < 4.78 is 16.9. The van der Waals surface area contributed by atoms with Gasteiger partial charge in [0.25, 0.3) is 5.91 Å². The number of halogens is 1. The highest BCUT2D eigenvalue weighted by Gasteiger charge is 2.16. The van der Waals surface area contributed by atoms with E-state index < -0.39 is 5.91 Å². The van der Waals surface area contributed by atoms with Crippen LogP contribution in [0.15, 0.2) is 81.6 Å². The standard InChI is InChI=1S/C27H20ClN3O4S/c1-15-6-7-17(26-29-21-14-19(33-2)8-9-23(21)35-26)13-20(15)30-27(36)31-25(32)24-11-10-22(34-24)16-4-3-5-18(28)12-16/h3-14H,1-2H3,(H2,30,31,32,36). The Hall–Kier alpha value is -4.14. The summed E-state index contributed by atoms with van der Waals surface area (Å²) in [4.78, 5) is 17.3. The van der Waals surface area contributed by atoms with E-state index in [0.29, 0.717) is 39.2 Å². The molecule has 2 aromatic heterocycles. The third-order valence-electron chi connectivity index (χ3n) is 5.49. The van der Waals surface area contributed by atoms with E-state index in [1.54, 1.807) is 31.4 Å². The first-order valence-corrected chi connectivity index (χ1v) is 11.7. The molecule has 2 N–H and O–H groups in total. The Labute approximate surface area is 217 Å². The van der Waals surface area contributed by atoms with Gasteiger partial charge in [0.05, 0.1) is 7.11 Å². The Bertz CT molecular complexity index is 1610. The number of aryl methyl sites for hydroxylation is 1. The lowest BCUT2D eigenvalue weighted by atomic mass is 10.1. The molecule has 0 saturated carbocycles. The fourth-order valence-corrected chi connectivity index (χ4v) is 4.02. The second-order valence-electron chi connectivity index (χ2n) is 7.96. The van der Waals surface area contributed by atoms with Gasteiger partial charge in [-0.2, -0.15) is 0 Å². The minimum atomic E-state index is -0.470. The molecule has 9 heteroatoms. The lowest BCUT2D eigenvalue weighted by Crippen LogP contribution is -2.34. The number of methoxy groups -OCH3 is 1. The van der Waals surface area contributed by atoms with Gasteiger partial charge in [0.15, 0.2) is 16.5 Å². The number of oxazole rings is 1. The van der Waals surface area contributed by atoms with Crippen LogP contribution in [0.25, 0.3) is 33.9 Å². The second kappa shape index (κ2) is 9.85. The Balaban J connectivity index is 1.30. The zero-order chi connectivity index (χ0) is 25.2.